The number of hydrogen-bond acceptors (Lipinski definition) is 3. The van der Waals surface area contributed by atoms with Gasteiger partial charge in [0.1, 0.15) is 0 Å². The summed E-state index contributed by atoms with van der Waals surface area (Å²) in [5.74, 6) is 0.667. The Morgan fingerprint density at radius 2 is 2.20 bits per heavy atom. The van der Waals surface area contributed by atoms with Crippen LogP contribution in [0.5, 0.6) is 0 Å². The van der Waals surface area contributed by atoms with Gasteiger partial charge in [-0.15, -0.1) is 0 Å². The lowest BCUT2D eigenvalue weighted by Crippen LogP contribution is -2.48. The van der Waals surface area contributed by atoms with Crippen LogP contribution in [-0.2, 0) is 9.53 Å². The van der Waals surface area contributed by atoms with E-state index in [0.717, 1.165) is 39.1 Å². The van der Waals surface area contributed by atoms with E-state index in [9.17, 15) is 4.79 Å². The van der Waals surface area contributed by atoms with Crippen LogP contribution in [0.2, 0.25) is 0 Å². The van der Waals surface area contributed by atoms with E-state index < -0.39 is 0 Å². The average Bonchev–Trinajstić information content (AvgIpc) is 3.24. The van der Waals surface area contributed by atoms with Crippen molar-refractivity contribution in [3.05, 3.63) is 0 Å². The number of amides is 1. The van der Waals surface area contributed by atoms with E-state index in [0.29, 0.717) is 11.3 Å². The molecule has 0 aromatic rings. The van der Waals surface area contributed by atoms with Crippen LogP contribution in [-0.4, -0.2) is 39.3 Å². The molecule has 0 aromatic carbocycles. The van der Waals surface area contributed by atoms with Gasteiger partial charge in [0.05, 0.1) is 0 Å². The SMILES string of the molecule is COCCC1(CNC(=O)C(C)(C)C2CCCNC2)CC1. The summed E-state index contributed by atoms with van der Waals surface area (Å²) in [6, 6.07) is 0. The molecule has 4 heteroatoms. The zero-order chi connectivity index (χ0) is 14.6. The topological polar surface area (TPSA) is 50.4 Å². The average molecular weight is 282 g/mol. The normalized spacial score (nSPS) is 25.2. The smallest absolute Gasteiger partial charge is 0.226 e. The summed E-state index contributed by atoms with van der Waals surface area (Å²) in [6.07, 6.45) is 5.85. The molecular formula is C16H30N2O2. The summed E-state index contributed by atoms with van der Waals surface area (Å²) < 4.78 is 5.17. The Hall–Kier alpha value is -0.610. The molecule has 116 valence electrons. The zero-order valence-corrected chi connectivity index (χ0v) is 13.3. The monoisotopic (exact) mass is 282 g/mol. The fourth-order valence-corrected chi connectivity index (χ4v) is 3.16. The Bertz CT molecular complexity index is 331. The molecule has 0 aromatic heterocycles. The van der Waals surface area contributed by atoms with Crippen molar-refractivity contribution in [2.45, 2.75) is 46.0 Å². The van der Waals surface area contributed by atoms with Gasteiger partial charge < -0.3 is 15.4 Å². The molecule has 1 aliphatic carbocycles. The van der Waals surface area contributed by atoms with E-state index in [1.54, 1.807) is 7.11 Å². The molecule has 1 saturated carbocycles. The predicted molar refractivity (Wildman–Crippen MR) is 80.5 cm³/mol. The molecule has 1 heterocycles. The molecule has 2 fully saturated rings. The number of piperidine rings is 1. The fraction of sp³-hybridized carbons (Fsp3) is 0.938. The fourth-order valence-electron chi connectivity index (χ4n) is 3.16. The quantitative estimate of drug-likeness (QED) is 0.750. The van der Waals surface area contributed by atoms with Crippen LogP contribution in [0.3, 0.4) is 0 Å². The Morgan fingerprint density at radius 1 is 1.45 bits per heavy atom. The minimum Gasteiger partial charge on any atom is -0.385 e. The molecule has 20 heavy (non-hydrogen) atoms. The lowest BCUT2D eigenvalue weighted by Gasteiger charge is -2.36. The molecule has 2 aliphatic rings. The molecular weight excluding hydrogens is 252 g/mol. The van der Waals surface area contributed by atoms with E-state index in [4.69, 9.17) is 4.74 Å². The Balaban J connectivity index is 1.81. The summed E-state index contributed by atoms with van der Waals surface area (Å²) in [7, 11) is 1.74. The highest BCUT2D eigenvalue weighted by atomic mass is 16.5. The van der Waals surface area contributed by atoms with E-state index in [-0.39, 0.29) is 11.3 Å². The molecule has 1 amide bonds. The standard InChI is InChI=1S/C16H30N2O2/c1-15(2,13-5-4-9-17-11-13)14(19)18-12-16(6-7-16)8-10-20-3/h13,17H,4-12H2,1-3H3,(H,18,19). The van der Waals surface area contributed by atoms with Crippen molar-refractivity contribution in [2.24, 2.45) is 16.7 Å². The van der Waals surface area contributed by atoms with Gasteiger partial charge in [-0.2, -0.15) is 0 Å². The molecule has 2 rings (SSSR count). The van der Waals surface area contributed by atoms with Gasteiger partial charge in [-0.1, -0.05) is 13.8 Å². The van der Waals surface area contributed by atoms with Crippen molar-refractivity contribution in [3.63, 3.8) is 0 Å². The molecule has 0 radical (unpaired) electrons. The lowest BCUT2D eigenvalue weighted by molar-refractivity contribution is -0.132. The third kappa shape index (κ3) is 3.73. The molecule has 1 saturated heterocycles. The summed E-state index contributed by atoms with van der Waals surface area (Å²) in [6.45, 7) is 7.86. The van der Waals surface area contributed by atoms with Gasteiger partial charge in [0, 0.05) is 25.7 Å². The number of hydrogen-bond donors (Lipinski definition) is 2. The van der Waals surface area contributed by atoms with Crippen molar-refractivity contribution in [1.29, 1.82) is 0 Å². The molecule has 1 atom stereocenters. The first-order chi connectivity index (χ1) is 9.50. The van der Waals surface area contributed by atoms with E-state index in [2.05, 4.69) is 24.5 Å². The van der Waals surface area contributed by atoms with E-state index in [1.807, 2.05) is 0 Å². The first-order valence-corrected chi connectivity index (χ1v) is 7.98. The maximum atomic E-state index is 12.5. The molecule has 0 spiro atoms. The summed E-state index contributed by atoms with van der Waals surface area (Å²) in [4.78, 5) is 12.5. The van der Waals surface area contributed by atoms with Gasteiger partial charge in [0.25, 0.3) is 0 Å². The number of ether oxygens (including phenoxy) is 1. The Morgan fingerprint density at radius 3 is 2.75 bits per heavy atom. The minimum absolute atomic E-state index is 0.217. The van der Waals surface area contributed by atoms with Crippen molar-refractivity contribution in [2.75, 3.05) is 33.4 Å². The third-order valence-corrected chi connectivity index (χ3v) is 5.32. The second-order valence-corrected chi connectivity index (χ2v) is 7.19. The van der Waals surface area contributed by atoms with E-state index >= 15 is 0 Å². The predicted octanol–water partition coefficient (Wildman–Crippen LogP) is 1.95. The molecule has 1 aliphatic heterocycles. The maximum absolute atomic E-state index is 12.5. The molecule has 4 nitrogen and oxygen atoms in total. The van der Waals surface area contributed by atoms with Crippen LogP contribution in [0.25, 0.3) is 0 Å². The minimum atomic E-state index is -0.273. The van der Waals surface area contributed by atoms with Crippen LogP contribution in [0.1, 0.15) is 46.0 Å². The van der Waals surface area contributed by atoms with Crippen LogP contribution in [0.15, 0.2) is 0 Å². The van der Waals surface area contributed by atoms with Crippen molar-refractivity contribution in [3.8, 4) is 0 Å². The van der Waals surface area contributed by atoms with Crippen molar-refractivity contribution in [1.82, 2.24) is 10.6 Å². The van der Waals surface area contributed by atoms with Gasteiger partial charge in [0.2, 0.25) is 5.91 Å². The zero-order valence-electron chi connectivity index (χ0n) is 13.3. The maximum Gasteiger partial charge on any atom is 0.226 e. The van der Waals surface area contributed by atoms with Crippen LogP contribution < -0.4 is 10.6 Å². The first-order valence-electron chi connectivity index (χ1n) is 7.98. The molecule has 1 unspecified atom stereocenters. The van der Waals surface area contributed by atoms with Crippen molar-refractivity contribution >= 4 is 5.91 Å². The van der Waals surface area contributed by atoms with Crippen LogP contribution in [0.4, 0.5) is 0 Å². The number of carbonyl (C=O) groups excluding carboxylic acids is 1. The van der Waals surface area contributed by atoms with Gasteiger partial charge in [-0.25, -0.2) is 0 Å². The summed E-state index contributed by atoms with van der Waals surface area (Å²) in [5, 5.41) is 6.62. The molecule has 2 N–H and O–H groups in total. The summed E-state index contributed by atoms with van der Waals surface area (Å²) in [5.41, 5.74) is 0.0529. The second kappa shape index (κ2) is 6.44. The third-order valence-electron chi connectivity index (χ3n) is 5.32. The first kappa shape index (κ1) is 15.8. The number of rotatable bonds is 7. The Labute approximate surface area is 123 Å². The van der Waals surface area contributed by atoms with Gasteiger partial charge in [-0.05, 0) is 56.5 Å². The highest BCUT2D eigenvalue weighted by Crippen LogP contribution is 2.48. The number of nitrogens with one attached hydrogen (secondary N) is 2. The van der Waals surface area contributed by atoms with Crippen LogP contribution in [0, 0.1) is 16.7 Å². The summed E-state index contributed by atoms with van der Waals surface area (Å²) >= 11 is 0. The second-order valence-electron chi connectivity index (χ2n) is 7.19. The number of carbonyl (C=O) groups is 1. The van der Waals surface area contributed by atoms with Gasteiger partial charge >= 0.3 is 0 Å². The Kier molecular flexibility index (Phi) is 5.08. The van der Waals surface area contributed by atoms with Crippen molar-refractivity contribution < 1.29 is 9.53 Å². The van der Waals surface area contributed by atoms with E-state index in [1.165, 1.54) is 19.3 Å². The lowest BCUT2D eigenvalue weighted by atomic mass is 9.74. The largest absolute Gasteiger partial charge is 0.385 e. The highest BCUT2D eigenvalue weighted by molar-refractivity contribution is 5.82. The van der Waals surface area contributed by atoms with Gasteiger partial charge in [0.15, 0.2) is 0 Å². The molecule has 0 bridgehead atoms. The highest BCUT2D eigenvalue weighted by Gasteiger charge is 2.44. The number of methoxy groups -OCH3 is 1. The van der Waals surface area contributed by atoms with Crippen LogP contribution >= 0.6 is 0 Å². The van der Waals surface area contributed by atoms with Gasteiger partial charge in [-0.3, -0.25) is 4.79 Å².